The van der Waals surface area contributed by atoms with Crippen LogP contribution in [0.3, 0.4) is 0 Å². The maximum atomic E-state index is 10.2. The summed E-state index contributed by atoms with van der Waals surface area (Å²) in [6.07, 6.45) is 0.736. The number of aryl methyl sites for hydroxylation is 1. The lowest BCUT2D eigenvalue weighted by molar-refractivity contribution is -0.136. The molecular formula is C10H10O2. The maximum Gasteiger partial charge on any atom is 0.303 e. The van der Waals surface area contributed by atoms with Gasteiger partial charge < -0.3 is 5.11 Å². The molecule has 0 aliphatic carbocycles. The fourth-order valence-electron chi connectivity index (χ4n) is 0.936. The van der Waals surface area contributed by atoms with Gasteiger partial charge in [-0.1, -0.05) is 24.3 Å². The Morgan fingerprint density at radius 3 is 2.42 bits per heavy atom. The standard InChI is InChI=1S/C10H10O2/c1-8-2-4-9(5-3-8)6-7-10(11)12/h1-5H,6-7H2,(H,11,12). The molecule has 0 aromatic heterocycles. The summed E-state index contributed by atoms with van der Waals surface area (Å²) in [6.45, 7) is 5.47. The molecule has 0 aliphatic heterocycles. The number of carboxylic acids is 1. The summed E-state index contributed by atoms with van der Waals surface area (Å²) >= 11 is 0. The molecule has 0 unspecified atom stereocenters. The van der Waals surface area contributed by atoms with Crippen molar-refractivity contribution in [2.24, 2.45) is 0 Å². The molecule has 2 heteroatoms. The van der Waals surface area contributed by atoms with Gasteiger partial charge in [0, 0.05) is 6.42 Å². The molecule has 0 amide bonds. The average molecular weight is 162 g/mol. The zero-order valence-electron chi connectivity index (χ0n) is 6.66. The van der Waals surface area contributed by atoms with Gasteiger partial charge in [-0.25, -0.2) is 0 Å². The minimum absolute atomic E-state index is 0.171. The number of rotatable bonds is 3. The highest BCUT2D eigenvalue weighted by Crippen LogP contribution is 2.05. The molecule has 2 nitrogen and oxygen atoms in total. The van der Waals surface area contributed by atoms with Crippen molar-refractivity contribution in [2.75, 3.05) is 0 Å². The van der Waals surface area contributed by atoms with Gasteiger partial charge in [-0.2, -0.15) is 0 Å². The normalized spacial score (nSPS) is 9.75. The van der Waals surface area contributed by atoms with E-state index in [-0.39, 0.29) is 6.42 Å². The van der Waals surface area contributed by atoms with E-state index >= 15 is 0 Å². The summed E-state index contributed by atoms with van der Waals surface area (Å²) in [5.41, 5.74) is 1.71. The monoisotopic (exact) mass is 162 g/mol. The molecule has 1 aromatic rings. The molecule has 0 aliphatic rings. The van der Waals surface area contributed by atoms with E-state index < -0.39 is 5.97 Å². The summed E-state index contributed by atoms with van der Waals surface area (Å²) in [5.74, 6) is -0.771. The van der Waals surface area contributed by atoms with Gasteiger partial charge in [0.25, 0.3) is 0 Å². The summed E-state index contributed by atoms with van der Waals surface area (Å²) in [5, 5.41) is 8.40. The van der Waals surface area contributed by atoms with Crippen LogP contribution in [-0.4, -0.2) is 11.1 Å². The number of carboxylic acid groups (broad SMARTS) is 1. The number of benzene rings is 1. The number of hydrogen-bond donors (Lipinski definition) is 1. The van der Waals surface area contributed by atoms with Gasteiger partial charge in [-0.05, 0) is 24.5 Å². The van der Waals surface area contributed by atoms with Crippen LogP contribution in [-0.2, 0) is 11.2 Å². The molecule has 0 heterocycles. The molecular weight excluding hydrogens is 152 g/mol. The molecule has 1 aromatic carbocycles. The average Bonchev–Trinajstić information content (AvgIpc) is 2.03. The first-order valence-corrected chi connectivity index (χ1v) is 3.74. The molecule has 0 spiro atoms. The second-order valence-electron chi connectivity index (χ2n) is 2.64. The molecule has 0 saturated carbocycles. The van der Waals surface area contributed by atoms with E-state index in [9.17, 15) is 4.79 Å². The minimum Gasteiger partial charge on any atom is -0.481 e. The van der Waals surface area contributed by atoms with Crippen LogP contribution < -0.4 is 0 Å². The van der Waals surface area contributed by atoms with E-state index in [0.29, 0.717) is 12.0 Å². The summed E-state index contributed by atoms with van der Waals surface area (Å²) in [6, 6.07) is 7.24. The van der Waals surface area contributed by atoms with E-state index in [4.69, 9.17) is 12.0 Å². The van der Waals surface area contributed by atoms with Gasteiger partial charge in [-0.15, -0.1) is 0 Å². The van der Waals surface area contributed by atoms with Crippen molar-refractivity contribution in [3.63, 3.8) is 0 Å². The largest absolute Gasteiger partial charge is 0.481 e. The van der Waals surface area contributed by atoms with Gasteiger partial charge in [0.15, 0.2) is 0 Å². The van der Waals surface area contributed by atoms with Crippen LogP contribution in [0.1, 0.15) is 17.5 Å². The van der Waals surface area contributed by atoms with Crippen molar-refractivity contribution >= 4 is 5.97 Å². The third-order valence-electron chi connectivity index (χ3n) is 1.61. The van der Waals surface area contributed by atoms with Crippen molar-refractivity contribution in [1.82, 2.24) is 0 Å². The molecule has 1 rings (SSSR count). The van der Waals surface area contributed by atoms with E-state index in [2.05, 4.69) is 0 Å². The lowest BCUT2D eigenvalue weighted by Gasteiger charge is -1.98. The summed E-state index contributed by atoms with van der Waals surface area (Å²) < 4.78 is 0. The molecule has 1 N–H and O–H groups in total. The van der Waals surface area contributed by atoms with Crippen LogP contribution in [0, 0.1) is 6.92 Å². The van der Waals surface area contributed by atoms with Crippen molar-refractivity contribution in [2.45, 2.75) is 12.8 Å². The Labute approximate surface area is 71.8 Å². The molecule has 0 bridgehead atoms. The Morgan fingerprint density at radius 1 is 1.33 bits per heavy atom. The molecule has 0 atom stereocenters. The highest BCUT2D eigenvalue weighted by Gasteiger charge is 1.97. The lowest BCUT2D eigenvalue weighted by atomic mass is 10.1. The quantitative estimate of drug-likeness (QED) is 0.735. The fourth-order valence-corrected chi connectivity index (χ4v) is 0.936. The summed E-state index contributed by atoms with van der Waals surface area (Å²) in [4.78, 5) is 10.2. The van der Waals surface area contributed by atoms with E-state index in [1.165, 1.54) is 0 Å². The Bertz CT molecular complexity index is 262. The number of aliphatic carboxylic acids is 1. The smallest absolute Gasteiger partial charge is 0.303 e. The van der Waals surface area contributed by atoms with Gasteiger partial charge in [0.1, 0.15) is 0 Å². The van der Waals surface area contributed by atoms with Crippen LogP contribution in [0.5, 0.6) is 0 Å². The predicted molar refractivity (Wildman–Crippen MR) is 45.8 cm³/mol. The van der Waals surface area contributed by atoms with Crippen molar-refractivity contribution < 1.29 is 9.90 Å². The van der Waals surface area contributed by atoms with Gasteiger partial charge in [0.2, 0.25) is 0 Å². The van der Waals surface area contributed by atoms with Crippen molar-refractivity contribution in [3.8, 4) is 0 Å². The Kier molecular flexibility index (Phi) is 2.86. The van der Waals surface area contributed by atoms with Crippen molar-refractivity contribution in [1.29, 1.82) is 0 Å². The fraction of sp³-hybridized carbons (Fsp3) is 0.200. The third-order valence-corrected chi connectivity index (χ3v) is 1.61. The van der Waals surface area contributed by atoms with Gasteiger partial charge >= 0.3 is 5.97 Å². The molecule has 2 radical (unpaired) electrons. The topological polar surface area (TPSA) is 37.3 Å². The molecule has 12 heavy (non-hydrogen) atoms. The maximum absolute atomic E-state index is 10.2. The third kappa shape index (κ3) is 2.74. The van der Waals surface area contributed by atoms with Crippen LogP contribution in [0.4, 0.5) is 0 Å². The first kappa shape index (κ1) is 8.78. The van der Waals surface area contributed by atoms with Gasteiger partial charge in [-0.3, -0.25) is 4.79 Å². The minimum atomic E-state index is -0.771. The zero-order valence-corrected chi connectivity index (χ0v) is 6.66. The van der Waals surface area contributed by atoms with Crippen LogP contribution >= 0.6 is 0 Å². The van der Waals surface area contributed by atoms with E-state index in [0.717, 1.165) is 5.56 Å². The SMILES string of the molecule is [CH]c1ccc(CCC(=O)O)cc1. The second-order valence-corrected chi connectivity index (χ2v) is 2.64. The second kappa shape index (κ2) is 3.90. The Balaban J connectivity index is 2.53. The van der Waals surface area contributed by atoms with Crippen LogP contribution in [0.25, 0.3) is 0 Å². The lowest BCUT2D eigenvalue weighted by Crippen LogP contribution is -1.97. The molecule has 62 valence electrons. The Hall–Kier alpha value is -1.31. The van der Waals surface area contributed by atoms with E-state index in [1.807, 2.05) is 12.1 Å². The molecule has 0 saturated heterocycles. The first-order chi connectivity index (χ1) is 5.68. The van der Waals surface area contributed by atoms with Crippen LogP contribution in [0.2, 0.25) is 0 Å². The molecule has 0 fully saturated rings. The predicted octanol–water partition coefficient (Wildman–Crippen LogP) is 1.76. The number of carbonyl (C=O) groups is 1. The van der Waals surface area contributed by atoms with Crippen LogP contribution in [0.15, 0.2) is 24.3 Å². The number of hydrogen-bond acceptors (Lipinski definition) is 1. The summed E-state index contributed by atoms with van der Waals surface area (Å²) in [7, 11) is 0. The highest BCUT2D eigenvalue weighted by atomic mass is 16.4. The van der Waals surface area contributed by atoms with Gasteiger partial charge in [0.05, 0.1) is 0 Å². The first-order valence-electron chi connectivity index (χ1n) is 3.74. The van der Waals surface area contributed by atoms with E-state index in [1.54, 1.807) is 12.1 Å². The highest BCUT2D eigenvalue weighted by molar-refractivity contribution is 5.67. The Morgan fingerprint density at radius 2 is 1.92 bits per heavy atom. The van der Waals surface area contributed by atoms with Crippen molar-refractivity contribution in [3.05, 3.63) is 42.3 Å². The zero-order chi connectivity index (χ0) is 8.97.